The molecule has 0 aromatic heterocycles. The Morgan fingerprint density at radius 3 is 2.25 bits per heavy atom. The number of carbonyl (C=O) groups is 1. The van der Waals surface area contributed by atoms with Gasteiger partial charge >= 0.3 is 0 Å². The van der Waals surface area contributed by atoms with E-state index in [0.29, 0.717) is 11.4 Å². The summed E-state index contributed by atoms with van der Waals surface area (Å²) >= 11 is 0. The highest BCUT2D eigenvalue weighted by Gasteiger charge is 2.14. The molecule has 4 heteroatoms. The number of aryl methyl sites for hydroxylation is 3. The maximum atomic E-state index is 13.8. The highest BCUT2D eigenvalue weighted by molar-refractivity contribution is 6.05. The maximum absolute atomic E-state index is 13.8. The van der Waals surface area contributed by atoms with Crippen molar-refractivity contribution in [3.8, 4) is 0 Å². The highest BCUT2D eigenvalue weighted by atomic mass is 19.1. The minimum Gasteiger partial charge on any atom is -0.399 e. The van der Waals surface area contributed by atoms with E-state index in [9.17, 15) is 9.18 Å². The van der Waals surface area contributed by atoms with Crippen LogP contribution >= 0.6 is 0 Å². The molecular formula is C16H17FN2O. The van der Waals surface area contributed by atoms with Gasteiger partial charge in [-0.05, 0) is 61.7 Å². The van der Waals surface area contributed by atoms with Crippen LogP contribution in [-0.4, -0.2) is 5.91 Å². The molecule has 0 saturated carbocycles. The summed E-state index contributed by atoms with van der Waals surface area (Å²) in [5.74, 6) is -0.980. The van der Waals surface area contributed by atoms with E-state index < -0.39 is 11.7 Å². The third-order valence-electron chi connectivity index (χ3n) is 3.16. The first kappa shape index (κ1) is 14.1. The standard InChI is InChI=1S/C16H17FN2O/c1-9-4-5-13(14(17)6-9)16(20)19-15-10(2)7-12(18)8-11(15)3/h4-8H,18H2,1-3H3,(H,19,20). The van der Waals surface area contributed by atoms with Crippen LogP contribution in [0.5, 0.6) is 0 Å². The van der Waals surface area contributed by atoms with Gasteiger partial charge in [-0.3, -0.25) is 4.79 Å². The molecule has 0 fully saturated rings. The summed E-state index contributed by atoms with van der Waals surface area (Å²) in [6.45, 7) is 5.48. The molecule has 3 N–H and O–H groups in total. The summed E-state index contributed by atoms with van der Waals surface area (Å²) in [5.41, 5.74) is 9.56. The average Bonchev–Trinajstić information content (AvgIpc) is 2.33. The molecule has 0 radical (unpaired) electrons. The van der Waals surface area contributed by atoms with Gasteiger partial charge in [0.15, 0.2) is 0 Å². The van der Waals surface area contributed by atoms with Crippen LogP contribution in [0.25, 0.3) is 0 Å². The van der Waals surface area contributed by atoms with Gasteiger partial charge in [-0.15, -0.1) is 0 Å². The van der Waals surface area contributed by atoms with Crippen LogP contribution in [0.2, 0.25) is 0 Å². The van der Waals surface area contributed by atoms with Crippen molar-refractivity contribution in [3.05, 3.63) is 58.4 Å². The molecule has 1 amide bonds. The Kier molecular flexibility index (Phi) is 3.74. The molecule has 2 aromatic rings. The van der Waals surface area contributed by atoms with Crippen molar-refractivity contribution in [2.45, 2.75) is 20.8 Å². The van der Waals surface area contributed by atoms with Crippen LogP contribution in [0.1, 0.15) is 27.0 Å². The fourth-order valence-corrected chi connectivity index (χ4v) is 2.18. The highest BCUT2D eigenvalue weighted by Crippen LogP contribution is 2.24. The van der Waals surface area contributed by atoms with Crippen LogP contribution in [0.15, 0.2) is 30.3 Å². The zero-order valence-corrected chi connectivity index (χ0v) is 11.8. The number of nitrogens with two attached hydrogens (primary N) is 1. The van der Waals surface area contributed by atoms with Crippen LogP contribution in [-0.2, 0) is 0 Å². The second-order valence-corrected chi connectivity index (χ2v) is 4.97. The van der Waals surface area contributed by atoms with E-state index in [4.69, 9.17) is 5.73 Å². The number of nitrogen functional groups attached to an aromatic ring is 1. The molecule has 0 spiro atoms. The molecule has 3 nitrogen and oxygen atoms in total. The number of amides is 1. The molecule has 20 heavy (non-hydrogen) atoms. The molecule has 0 bridgehead atoms. The Bertz CT molecular complexity index is 657. The molecule has 0 aliphatic rings. The van der Waals surface area contributed by atoms with E-state index in [1.807, 2.05) is 13.8 Å². The number of carbonyl (C=O) groups excluding carboxylic acids is 1. The Morgan fingerprint density at radius 2 is 1.70 bits per heavy atom. The molecule has 2 aromatic carbocycles. The van der Waals surface area contributed by atoms with Crippen molar-refractivity contribution < 1.29 is 9.18 Å². The van der Waals surface area contributed by atoms with Crippen molar-refractivity contribution in [1.82, 2.24) is 0 Å². The number of anilines is 2. The molecule has 0 heterocycles. The third kappa shape index (κ3) is 2.79. The minimum atomic E-state index is -0.520. The molecule has 0 unspecified atom stereocenters. The van der Waals surface area contributed by atoms with Crippen molar-refractivity contribution in [1.29, 1.82) is 0 Å². The van der Waals surface area contributed by atoms with Gasteiger partial charge in [0.2, 0.25) is 0 Å². The van der Waals surface area contributed by atoms with Crippen molar-refractivity contribution in [3.63, 3.8) is 0 Å². The molecule has 0 saturated heterocycles. The predicted molar refractivity (Wildman–Crippen MR) is 79.4 cm³/mol. The summed E-state index contributed by atoms with van der Waals surface area (Å²) in [4.78, 5) is 12.2. The van der Waals surface area contributed by atoms with Crippen molar-refractivity contribution >= 4 is 17.3 Å². The summed E-state index contributed by atoms with van der Waals surface area (Å²) < 4.78 is 13.8. The Labute approximate surface area is 117 Å². The normalized spacial score (nSPS) is 10.4. The second-order valence-electron chi connectivity index (χ2n) is 4.97. The molecule has 0 atom stereocenters. The Hall–Kier alpha value is -2.36. The quantitative estimate of drug-likeness (QED) is 0.821. The number of benzene rings is 2. The molecule has 0 aliphatic carbocycles. The summed E-state index contributed by atoms with van der Waals surface area (Å²) in [6, 6.07) is 8.09. The largest absolute Gasteiger partial charge is 0.399 e. The van der Waals surface area contributed by atoms with E-state index >= 15 is 0 Å². The van der Waals surface area contributed by atoms with E-state index in [0.717, 1.165) is 16.7 Å². The van der Waals surface area contributed by atoms with Crippen LogP contribution < -0.4 is 11.1 Å². The lowest BCUT2D eigenvalue weighted by molar-refractivity contribution is 0.102. The lowest BCUT2D eigenvalue weighted by Crippen LogP contribution is -2.15. The van der Waals surface area contributed by atoms with E-state index in [1.54, 1.807) is 25.1 Å². The summed E-state index contributed by atoms with van der Waals surface area (Å²) in [7, 11) is 0. The monoisotopic (exact) mass is 272 g/mol. The molecular weight excluding hydrogens is 255 g/mol. The van der Waals surface area contributed by atoms with E-state index in [-0.39, 0.29) is 5.56 Å². The molecule has 2 rings (SSSR count). The number of rotatable bonds is 2. The SMILES string of the molecule is Cc1ccc(C(=O)Nc2c(C)cc(N)cc2C)c(F)c1. The van der Waals surface area contributed by atoms with Gasteiger partial charge in [-0.1, -0.05) is 6.07 Å². The topological polar surface area (TPSA) is 55.1 Å². The average molecular weight is 272 g/mol. The second kappa shape index (κ2) is 5.33. The van der Waals surface area contributed by atoms with Gasteiger partial charge < -0.3 is 11.1 Å². The zero-order valence-electron chi connectivity index (χ0n) is 11.8. The first-order valence-corrected chi connectivity index (χ1v) is 6.32. The summed E-state index contributed by atoms with van der Waals surface area (Å²) in [5, 5.41) is 2.75. The van der Waals surface area contributed by atoms with Crippen LogP contribution in [0, 0.1) is 26.6 Å². The molecule has 104 valence electrons. The Morgan fingerprint density at radius 1 is 1.10 bits per heavy atom. The fourth-order valence-electron chi connectivity index (χ4n) is 2.18. The number of halogens is 1. The summed E-state index contributed by atoms with van der Waals surface area (Å²) in [6.07, 6.45) is 0. The van der Waals surface area contributed by atoms with Crippen molar-refractivity contribution in [2.75, 3.05) is 11.1 Å². The lowest BCUT2D eigenvalue weighted by Gasteiger charge is -2.13. The van der Waals surface area contributed by atoms with Gasteiger partial charge in [-0.2, -0.15) is 0 Å². The lowest BCUT2D eigenvalue weighted by atomic mass is 10.1. The maximum Gasteiger partial charge on any atom is 0.258 e. The predicted octanol–water partition coefficient (Wildman–Crippen LogP) is 3.59. The number of hydrogen-bond acceptors (Lipinski definition) is 2. The number of nitrogens with one attached hydrogen (secondary N) is 1. The van der Waals surface area contributed by atoms with Crippen molar-refractivity contribution in [2.24, 2.45) is 0 Å². The van der Waals surface area contributed by atoms with Gasteiger partial charge in [0, 0.05) is 11.4 Å². The van der Waals surface area contributed by atoms with Crippen LogP contribution in [0.3, 0.4) is 0 Å². The first-order chi connectivity index (χ1) is 9.38. The first-order valence-electron chi connectivity index (χ1n) is 6.32. The third-order valence-corrected chi connectivity index (χ3v) is 3.16. The smallest absolute Gasteiger partial charge is 0.258 e. The minimum absolute atomic E-state index is 0.0335. The van der Waals surface area contributed by atoms with E-state index in [1.165, 1.54) is 12.1 Å². The van der Waals surface area contributed by atoms with Gasteiger partial charge in [0.25, 0.3) is 5.91 Å². The van der Waals surface area contributed by atoms with Gasteiger partial charge in [0.05, 0.1) is 5.56 Å². The van der Waals surface area contributed by atoms with Crippen LogP contribution in [0.4, 0.5) is 15.8 Å². The van der Waals surface area contributed by atoms with Gasteiger partial charge in [0.1, 0.15) is 5.82 Å². The molecule has 0 aliphatic heterocycles. The Balaban J connectivity index is 2.33. The van der Waals surface area contributed by atoms with Gasteiger partial charge in [-0.25, -0.2) is 4.39 Å². The zero-order chi connectivity index (χ0) is 14.9. The van der Waals surface area contributed by atoms with E-state index in [2.05, 4.69) is 5.32 Å². The number of hydrogen-bond donors (Lipinski definition) is 2. The fraction of sp³-hybridized carbons (Fsp3) is 0.188.